The number of aliphatic hydroxyl groups excluding tert-OH is 1. The van der Waals surface area contributed by atoms with E-state index < -0.39 is 6.10 Å². The Kier molecular flexibility index (Phi) is 5.14. The highest BCUT2D eigenvalue weighted by atomic mass is 35.5. The van der Waals surface area contributed by atoms with Gasteiger partial charge in [0.1, 0.15) is 5.75 Å². The summed E-state index contributed by atoms with van der Waals surface area (Å²) in [7, 11) is 0. The SMILES string of the molecule is CC(Oc1ccccc1Cl)C(=O)Nc1cnccc1CO. The Labute approximate surface area is 127 Å². The summed E-state index contributed by atoms with van der Waals surface area (Å²) < 4.78 is 5.53. The third-order valence-corrected chi connectivity index (χ3v) is 3.16. The van der Waals surface area contributed by atoms with Crippen molar-refractivity contribution in [1.29, 1.82) is 0 Å². The maximum atomic E-state index is 12.1. The number of hydrogen-bond acceptors (Lipinski definition) is 4. The minimum Gasteiger partial charge on any atom is -0.479 e. The molecule has 1 aromatic heterocycles. The van der Waals surface area contributed by atoms with Crippen LogP contribution in [0.2, 0.25) is 5.02 Å². The fourth-order valence-corrected chi connectivity index (χ4v) is 1.87. The Hall–Kier alpha value is -2.11. The average Bonchev–Trinajstić information content (AvgIpc) is 2.50. The van der Waals surface area contributed by atoms with Crippen LogP contribution in [0.3, 0.4) is 0 Å². The van der Waals surface area contributed by atoms with Gasteiger partial charge in [0.05, 0.1) is 23.5 Å². The number of halogens is 1. The van der Waals surface area contributed by atoms with Crippen molar-refractivity contribution < 1.29 is 14.6 Å². The van der Waals surface area contributed by atoms with E-state index in [2.05, 4.69) is 10.3 Å². The van der Waals surface area contributed by atoms with Gasteiger partial charge in [0.15, 0.2) is 6.10 Å². The smallest absolute Gasteiger partial charge is 0.265 e. The van der Waals surface area contributed by atoms with E-state index in [1.807, 2.05) is 0 Å². The van der Waals surface area contributed by atoms with Gasteiger partial charge in [0, 0.05) is 11.8 Å². The van der Waals surface area contributed by atoms with Crippen LogP contribution >= 0.6 is 11.6 Å². The van der Waals surface area contributed by atoms with Crippen LogP contribution in [0.5, 0.6) is 5.75 Å². The number of aromatic nitrogens is 1. The van der Waals surface area contributed by atoms with E-state index in [1.165, 1.54) is 6.20 Å². The lowest BCUT2D eigenvalue weighted by Crippen LogP contribution is -2.30. The van der Waals surface area contributed by atoms with Gasteiger partial charge >= 0.3 is 0 Å². The number of pyridine rings is 1. The molecule has 0 saturated carbocycles. The van der Waals surface area contributed by atoms with Gasteiger partial charge in [-0.15, -0.1) is 0 Å². The van der Waals surface area contributed by atoms with Crippen molar-refractivity contribution in [3.05, 3.63) is 53.3 Å². The summed E-state index contributed by atoms with van der Waals surface area (Å²) in [5.41, 5.74) is 1.04. The molecule has 6 heteroatoms. The maximum absolute atomic E-state index is 12.1. The summed E-state index contributed by atoms with van der Waals surface area (Å²) >= 11 is 5.98. The molecule has 0 fully saturated rings. The summed E-state index contributed by atoms with van der Waals surface area (Å²) in [5, 5.41) is 12.3. The van der Waals surface area contributed by atoms with Crippen LogP contribution < -0.4 is 10.1 Å². The van der Waals surface area contributed by atoms with Gasteiger partial charge in [-0.05, 0) is 25.1 Å². The van der Waals surface area contributed by atoms with Gasteiger partial charge in [0.2, 0.25) is 0 Å². The number of ether oxygens (including phenoxy) is 1. The Morgan fingerprint density at radius 1 is 1.43 bits per heavy atom. The van der Waals surface area contributed by atoms with E-state index in [0.29, 0.717) is 22.0 Å². The first-order valence-electron chi connectivity index (χ1n) is 6.37. The number of para-hydroxylation sites is 1. The molecule has 5 nitrogen and oxygen atoms in total. The van der Waals surface area contributed by atoms with E-state index in [4.69, 9.17) is 16.3 Å². The standard InChI is InChI=1S/C15H15ClN2O3/c1-10(21-14-5-3-2-4-12(14)16)15(20)18-13-8-17-7-6-11(13)9-19/h2-8,10,19H,9H2,1H3,(H,18,20). The molecule has 21 heavy (non-hydrogen) atoms. The second-order valence-corrected chi connectivity index (χ2v) is 4.78. The molecule has 1 aromatic carbocycles. The fraction of sp³-hybridized carbons (Fsp3) is 0.200. The predicted octanol–water partition coefficient (Wildman–Crippen LogP) is 2.63. The van der Waals surface area contributed by atoms with Crippen molar-refractivity contribution in [2.75, 3.05) is 5.32 Å². The molecule has 1 heterocycles. The molecule has 2 N–H and O–H groups in total. The molecule has 0 aliphatic rings. The van der Waals surface area contributed by atoms with Gasteiger partial charge in [0.25, 0.3) is 5.91 Å². The number of hydrogen-bond donors (Lipinski definition) is 2. The maximum Gasteiger partial charge on any atom is 0.265 e. The van der Waals surface area contributed by atoms with E-state index >= 15 is 0 Å². The molecule has 0 radical (unpaired) electrons. The van der Waals surface area contributed by atoms with Gasteiger partial charge in [-0.3, -0.25) is 9.78 Å². The van der Waals surface area contributed by atoms with Crippen LogP contribution in [0.25, 0.3) is 0 Å². The summed E-state index contributed by atoms with van der Waals surface area (Å²) in [4.78, 5) is 16.0. The van der Waals surface area contributed by atoms with Crippen molar-refractivity contribution in [2.24, 2.45) is 0 Å². The highest BCUT2D eigenvalue weighted by molar-refractivity contribution is 6.32. The third-order valence-electron chi connectivity index (χ3n) is 2.85. The zero-order valence-corrected chi connectivity index (χ0v) is 12.2. The van der Waals surface area contributed by atoms with E-state index in [-0.39, 0.29) is 12.5 Å². The molecule has 2 rings (SSSR count). The highest BCUT2D eigenvalue weighted by Gasteiger charge is 2.17. The van der Waals surface area contributed by atoms with Crippen LogP contribution in [0.15, 0.2) is 42.7 Å². The summed E-state index contributed by atoms with van der Waals surface area (Å²) in [6.45, 7) is 1.44. The van der Waals surface area contributed by atoms with Gasteiger partial charge < -0.3 is 15.2 Å². The molecule has 0 saturated heterocycles. The van der Waals surface area contributed by atoms with Gasteiger partial charge in [-0.1, -0.05) is 23.7 Å². The summed E-state index contributed by atoms with van der Waals surface area (Å²) in [6, 6.07) is 8.57. The van der Waals surface area contributed by atoms with Gasteiger partial charge in [-0.25, -0.2) is 0 Å². The molecular weight excluding hydrogens is 292 g/mol. The van der Waals surface area contributed by atoms with Crippen molar-refractivity contribution in [3.63, 3.8) is 0 Å². The van der Waals surface area contributed by atoms with Crippen LogP contribution in [-0.2, 0) is 11.4 Å². The van der Waals surface area contributed by atoms with Crippen molar-refractivity contribution in [3.8, 4) is 5.75 Å². The highest BCUT2D eigenvalue weighted by Crippen LogP contribution is 2.24. The molecule has 110 valence electrons. The number of amides is 1. The topological polar surface area (TPSA) is 71.5 Å². The molecule has 0 aliphatic heterocycles. The van der Waals surface area contributed by atoms with Crippen LogP contribution in [-0.4, -0.2) is 22.1 Å². The van der Waals surface area contributed by atoms with Crippen molar-refractivity contribution >= 4 is 23.2 Å². The van der Waals surface area contributed by atoms with Crippen molar-refractivity contribution in [1.82, 2.24) is 4.98 Å². The second kappa shape index (κ2) is 7.06. The number of anilines is 1. The Morgan fingerprint density at radius 2 is 2.19 bits per heavy atom. The molecule has 1 unspecified atom stereocenters. The number of aliphatic hydroxyl groups is 1. The first-order valence-corrected chi connectivity index (χ1v) is 6.75. The molecule has 0 aliphatic carbocycles. The molecule has 0 bridgehead atoms. The lowest BCUT2D eigenvalue weighted by molar-refractivity contribution is -0.122. The summed E-state index contributed by atoms with van der Waals surface area (Å²) in [6.07, 6.45) is 2.29. The number of benzene rings is 1. The number of nitrogens with zero attached hydrogens (tertiary/aromatic N) is 1. The van der Waals surface area contributed by atoms with Crippen LogP contribution in [0.4, 0.5) is 5.69 Å². The first kappa shape index (κ1) is 15.3. The predicted molar refractivity (Wildman–Crippen MR) is 80.3 cm³/mol. The molecule has 2 aromatic rings. The Balaban J connectivity index is 2.05. The van der Waals surface area contributed by atoms with Crippen LogP contribution in [0, 0.1) is 0 Å². The number of carbonyl (C=O) groups excluding carboxylic acids is 1. The number of rotatable bonds is 5. The minimum atomic E-state index is -0.739. The zero-order valence-electron chi connectivity index (χ0n) is 11.4. The number of carbonyl (C=O) groups is 1. The lowest BCUT2D eigenvalue weighted by Gasteiger charge is -2.16. The average molecular weight is 307 g/mol. The second-order valence-electron chi connectivity index (χ2n) is 4.37. The minimum absolute atomic E-state index is 0.183. The first-order chi connectivity index (χ1) is 10.1. The quantitative estimate of drug-likeness (QED) is 0.891. The largest absolute Gasteiger partial charge is 0.479 e. The number of nitrogens with one attached hydrogen (secondary N) is 1. The zero-order chi connectivity index (χ0) is 15.2. The fourth-order valence-electron chi connectivity index (χ4n) is 1.69. The normalized spacial score (nSPS) is 11.8. The lowest BCUT2D eigenvalue weighted by atomic mass is 10.2. The van der Waals surface area contributed by atoms with E-state index in [0.717, 1.165) is 0 Å². The van der Waals surface area contributed by atoms with E-state index in [1.54, 1.807) is 43.5 Å². The Bertz CT molecular complexity index is 634. The molecule has 1 atom stereocenters. The van der Waals surface area contributed by atoms with Crippen LogP contribution in [0.1, 0.15) is 12.5 Å². The van der Waals surface area contributed by atoms with Gasteiger partial charge in [-0.2, -0.15) is 0 Å². The molecule has 1 amide bonds. The molecular formula is C15H15ClN2O3. The molecule has 0 spiro atoms. The third kappa shape index (κ3) is 3.93. The monoisotopic (exact) mass is 306 g/mol. The summed E-state index contributed by atoms with van der Waals surface area (Å²) in [5.74, 6) is 0.0907. The van der Waals surface area contributed by atoms with E-state index in [9.17, 15) is 9.90 Å². The Morgan fingerprint density at radius 3 is 2.90 bits per heavy atom. The van der Waals surface area contributed by atoms with Crippen molar-refractivity contribution in [2.45, 2.75) is 19.6 Å².